The Hall–Kier alpha value is -3.30. The van der Waals surface area contributed by atoms with Crippen LogP contribution in [-0.4, -0.2) is 78.4 Å². The van der Waals surface area contributed by atoms with Crippen molar-refractivity contribution in [2.45, 2.75) is 77.3 Å². The molecule has 3 aliphatic rings. The van der Waals surface area contributed by atoms with Crippen molar-refractivity contribution in [2.75, 3.05) is 37.6 Å². The molecule has 2 saturated heterocycles. The Morgan fingerprint density at radius 2 is 1.79 bits per heavy atom. The summed E-state index contributed by atoms with van der Waals surface area (Å²) in [5, 5.41) is 2.80. The zero-order chi connectivity index (χ0) is 27.2. The summed E-state index contributed by atoms with van der Waals surface area (Å²) in [4.78, 5) is 49.7. The average Bonchev–Trinajstić information content (AvgIpc) is 3.18. The third-order valence-corrected chi connectivity index (χ3v) is 8.16. The molecule has 5 N–H and O–H groups in total. The topological polar surface area (TPSA) is 137 Å². The van der Waals surface area contributed by atoms with E-state index in [1.54, 1.807) is 0 Å². The van der Waals surface area contributed by atoms with Crippen molar-refractivity contribution in [2.24, 2.45) is 22.4 Å². The van der Waals surface area contributed by atoms with Crippen molar-refractivity contribution in [3.8, 4) is 0 Å². The molecule has 10 nitrogen and oxygen atoms in total. The number of nitrogens with two attached hydrogens (primary N) is 2. The second-order valence-electron chi connectivity index (χ2n) is 11.0. The molecular weight excluding hydrogens is 482 g/mol. The number of amides is 4. The smallest absolute Gasteiger partial charge is 0.325 e. The van der Waals surface area contributed by atoms with Crippen LogP contribution in [0.2, 0.25) is 0 Å². The number of hydrogen-bond donors (Lipinski definition) is 3. The number of hydrogen-bond acceptors (Lipinski definition) is 5. The van der Waals surface area contributed by atoms with Crippen LogP contribution in [0.5, 0.6) is 0 Å². The molecule has 0 aromatic heterocycles. The summed E-state index contributed by atoms with van der Waals surface area (Å²) in [5.74, 6) is -0.0804. The number of urea groups is 1. The van der Waals surface area contributed by atoms with Crippen LogP contribution in [0.25, 0.3) is 0 Å². The van der Waals surface area contributed by atoms with Crippen molar-refractivity contribution in [3.05, 3.63) is 29.3 Å². The van der Waals surface area contributed by atoms with E-state index in [0.29, 0.717) is 44.8 Å². The fourth-order valence-electron chi connectivity index (χ4n) is 6.14. The second kappa shape index (κ2) is 12.5. The van der Waals surface area contributed by atoms with E-state index < -0.39 is 18.1 Å². The maximum atomic E-state index is 13.9. The molecule has 38 heavy (non-hydrogen) atoms. The van der Waals surface area contributed by atoms with Crippen LogP contribution >= 0.6 is 0 Å². The molecule has 3 fully saturated rings. The number of nitrogens with one attached hydrogen (secondary N) is 1. The predicted octanol–water partition coefficient (Wildman–Crippen LogP) is 2.27. The number of benzene rings is 1. The van der Waals surface area contributed by atoms with Crippen LogP contribution < -0.4 is 21.7 Å². The van der Waals surface area contributed by atoms with Gasteiger partial charge in [0.25, 0.3) is 5.91 Å². The zero-order valence-electron chi connectivity index (χ0n) is 22.8. The lowest BCUT2D eigenvalue weighted by molar-refractivity contribution is -0.143. The Labute approximate surface area is 225 Å². The van der Waals surface area contributed by atoms with Crippen LogP contribution in [0, 0.1) is 19.8 Å². The molecule has 2 heterocycles. The first kappa shape index (κ1) is 27.7. The highest BCUT2D eigenvalue weighted by molar-refractivity contribution is 6.07. The zero-order valence-corrected chi connectivity index (χ0v) is 22.8. The summed E-state index contributed by atoms with van der Waals surface area (Å²) in [5.41, 5.74) is 14.4. The molecule has 2 atom stereocenters. The van der Waals surface area contributed by atoms with E-state index in [1.165, 1.54) is 28.1 Å². The fraction of sp³-hybridized carbons (Fsp3) is 0.643. The van der Waals surface area contributed by atoms with E-state index in [0.717, 1.165) is 38.8 Å². The summed E-state index contributed by atoms with van der Waals surface area (Å²) in [6, 6.07) is 4.56. The number of guanidine groups is 1. The maximum absolute atomic E-state index is 13.9. The van der Waals surface area contributed by atoms with Gasteiger partial charge in [0.1, 0.15) is 12.1 Å². The first-order valence-corrected chi connectivity index (χ1v) is 14.0. The number of aliphatic imine (C=N–C) groups is 1. The molecule has 208 valence electrons. The van der Waals surface area contributed by atoms with Crippen LogP contribution in [0.15, 0.2) is 23.2 Å². The Kier molecular flexibility index (Phi) is 9.12. The van der Waals surface area contributed by atoms with E-state index in [-0.39, 0.29) is 17.8 Å². The molecule has 4 rings (SSSR count). The summed E-state index contributed by atoms with van der Waals surface area (Å²) >= 11 is 0. The Morgan fingerprint density at radius 1 is 1.08 bits per heavy atom. The van der Waals surface area contributed by atoms with Gasteiger partial charge < -0.3 is 26.6 Å². The molecule has 4 amide bonds. The molecule has 2 aliphatic heterocycles. The van der Waals surface area contributed by atoms with E-state index >= 15 is 0 Å². The first-order valence-electron chi connectivity index (χ1n) is 14.0. The molecule has 1 aliphatic carbocycles. The normalized spacial score (nSPS) is 21.4. The van der Waals surface area contributed by atoms with Crippen molar-refractivity contribution in [1.82, 2.24) is 15.1 Å². The van der Waals surface area contributed by atoms with Crippen molar-refractivity contribution in [1.29, 1.82) is 0 Å². The van der Waals surface area contributed by atoms with Crippen molar-refractivity contribution in [3.63, 3.8) is 0 Å². The highest BCUT2D eigenvalue weighted by atomic mass is 16.2. The van der Waals surface area contributed by atoms with Gasteiger partial charge in [-0.15, -0.1) is 0 Å². The number of aryl methyl sites for hydroxylation is 2. The molecule has 0 spiro atoms. The van der Waals surface area contributed by atoms with Gasteiger partial charge in [-0.25, -0.2) is 9.69 Å². The lowest BCUT2D eigenvalue weighted by atomic mass is 9.84. The van der Waals surface area contributed by atoms with Crippen LogP contribution in [0.4, 0.5) is 10.5 Å². The number of anilines is 1. The third-order valence-electron chi connectivity index (χ3n) is 8.16. The van der Waals surface area contributed by atoms with Crippen molar-refractivity contribution >= 4 is 29.5 Å². The third kappa shape index (κ3) is 6.57. The highest BCUT2D eigenvalue weighted by Gasteiger charge is 2.46. The van der Waals surface area contributed by atoms with Gasteiger partial charge in [-0.2, -0.15) is 0 Å². The Morgan fingerprint density at radius 3 is 2.45 bits per heavy atom. The van der Waals surface area contributed by atoms with E-state index in [9.17, 15) is 14.4 Å². The van der Waals surface area contributed by atoms with Gasteiger partial charge in [0.05, 0.1) is 0 Å². The van der Waals surface area contributed by atoms with Crippen LogP contribution in [0.3, 0.4) is 0 Å². The van der Waals surface area contributed by atoms with Crippen LogP contribution in [0.1, 0.15) is 62.5 Å². The second-order valence-corrected chi connectivity index (χ2v) is 11.0. The lowest BCUT2D eigenvalue weighted by Crippen LogP contribution is -2.57. The predicted molar refractivity (Wildman–Crippen MR) is 149 cm³/mol. The summed E-state index contributed by atoms with van der Waals surface area (Å²) < 4.78 is 0. The summed E-state index contributed by atoms with van der Waals surface area (Å²) in [6.07, 6.45) is 7.07. The quantitative estimate of drug-likeness (QED) is 0.196. The van der Waals surface area contributed by atoms with Crippen LogP contribution in [-0.2, 0) is 9.59 Å². The van der Waals surface area contributed by atoms with Gasteiger partial charge in [0.15, 0.2) is 5.96 Å². The van der Waals surface area contributed by atoms with E-state index in [1.807, 2.05) is 4.90 Å². The molecular formula is C28H43N7O3. The SMILES string of the molecule is Cc1ccc(N2CCN(C(=O)[C@@H](CC3CCCCC3)N3C(=O)N[C@H](CCCN=C(N)N)C3=O)CC2)c(C)c1. The van der Waals surface area contributed by atoms with Gasteiger partial charge in [0, 0.05) is 38.4 Å². The van der Waals surface area contributed by atoms with Crippen molar-refractivity contribution < 1.29 is 14.4 Å². The van der Waals surface area contributed by atoms with Gasteiger partial charge in [-0.05, 0) is 50.7 Å². The summed E-state index contributed by atoms with van der Waals surface area (Å²) in [7, 11) is 0. The van der Waals surface area contributed by atoms with E-state index in [4.69, 9.17) is 11.5 Å². The van der Waals surface area contributed by atoms with Gasteiger partial charge >= 0.3 is 6.03 Å². The number of imide groups is 1. The Bertz CT molecular complexity index is 1040. The molecule has 0 radical (unpaired) electrons. The molecule has 1 aromatic carbocycles. The molecule has 0 bridgehead atoms. The maximum Gasteiger partial charge on any atom is 0.325 e. The minimum Gasteiger partial charge on any atom is -0.370 e. The van der Waals surface area contributed by atoms with Gasteiger partial charge in [-0.3, -0.25) is 14.6 Å². The standard InChI is InChI=1S/C28H43N7O3/c1-19-10-11-23(20(2)17-19)33-13-15-34(16-14-33)26(37)24(18-21-7-4-3-5-8-21)35-25(36)22(32-28(35)38)9-6-12-31-27(29)30/h10-11,17,21-22,24H,3-9,12-16,18H2,1-2H3,(H,32,38)(H4,29,30,31)/t22-,24-/m1/s1. The number of rotatable bonds is 9. The number of carbonyl (C=O) groups is 3. The highest BCUT2D eigenvalue weighted by Crippen LogP contribution is 2.31. The molecule has 10 heteroatoms. The van der Waals surface area contributed by atoms with Gasteiger partial charge in [-0.1, -0.05) is 49.8 Å². The lowest BCUT2D eigenvalue weighted by Gasteiger charge is -2.40. The van der Waals surface area contributed by atoms with Gasteiger partial charge in [0.2, 0.25) is 5.91 Å². The minimum absolute atomic E-state index is 0.00388. The summed E-state index contributed by atoms with van der Waals surface area (Å²) in [6.45, 7) is 7.17. The molecule has 0 unspecified atom stereocenters. The average molecular weight is 526 g/mol. The number of nitrogens with zero attached hydrogens (tertiary/aromatic N) is 4. The molecule has 1 aromatic rings. The number of carbonyl (C=O) groups excluding carboxylic acids is 3. The monoisotopic (exact) mass is 525 g/mol. The largest absolute Gasteiger partial charge is 0.370 e. The first-order chi connectivity index (χ1) is 18.2. The minimum atomic E-state index is -0.763. The molecule has 1 saturated carbocycles. The Balaban J connectivity index is 1.45. The van der Waals surface area contributed by atoms with E-state index in [2.05, 4.69) is 47.3 Å². The fourth-order valence-corrected chi connectivity index (χ4v) is 6.14. The number of piperazine rings is 1.